The summed E-state index contributed by atoms with van der Waals surface area (Å²) >= 11 is 0. The lowest BCUT2D eigenvalue weighted by molar-refractivity contribution is -0.157. The first-order valence-electron chi connectivity index (χ1n) is 2.40. The van der Waals surface area contributed by atoms with Gasteiger partial charge in [0.05, 0.1) is 0 Å². The molecule has 0 unspecified atom stereocenters. The van der Waals surface area contributed by atoms with E-state index in [0.717, 1.165) is 5.17 Å². The molecule has 0 atom stereocenters. The van der Waals surface area contributed by atoms with E-state index >= 15 is 0 Å². The van der Waals surface area contributed by atoms with Crippen LogP contribution in [0.1, 0.15) is 13.8 Å². The first kappa shape index (κ1) is 7.39. The number of hydrogen-bond donors (Lipinski definition) is 2. The Morgan fingerprint density at radius 1 is 1.88 bits per heavy atom. The lowest BCUT2D eigenvalue weighted by Gasteiger charge is -2.10. The number of rotatable bonds is 2. The summed E-state index contributed by atoms with van der Waals surface area (Å²) in [6.45, 7) is 3.44. The number of carbonyl (C=O) groups is 1. The van der Waals surface area contributed by atoms with Gasteiger partial charge in [-0.2, -0.15) is 0 Å². The molecular formula is C4H10N2O2. The van der Waals surface area contributed by atoms with E-state index in [-0.39, 0.29) is 5.91 Å². The fourth-order valence-electron chi connectivity index (χ4n) is 0.261. The van der Waals surface area contributed by atoms with Gasteiger partial charge in [-0.05, 0) is 6.92 Å². The number of nitrogens with zero attached hydrogens (tertiary/aromatic N) is 1. The van der Waals surface area contributed by atoms with Crippen molar-refractivity contribution in [2.24, 2.45) is 0 Å². The van der Waals surface area contributed by atoms with Gasteiger partial charge in [-0.25, -0.2) is 0 Å². The molecule has 0 fully saturated rings. The van der Waals surface area contributed by atoms with Crippen molar-refractivity contribution in [3.63, 3.8) is 0 Å². The molecule has 4 nitrogen and oxygen atoms in total. The van der Waals surface area contributed by atoms with E-state index in [9.17, 15) is 4.79 Å². The second-order valence-electron chi connectivity index (χ2n) is 1.38. The minimum Gasteiger partial charge on any atom is -0.295 e. The van der Waals surface area contributed by atoms with Crippen molar-refractivity contribution >= 4 is 5.91 Å². The maximum absolute atomic E-state index is 10.1. The Balaban J connectivity index is 3.24. The third-order valence-corrected chi connectivity index (χ3v) is 0.586. The second kappa shape index (κ2) is 3.40. The van der Waals surface area contributed by atoms with Crippen LogP contribution in [0.4, 0.5) is 0 Å². The largest absolute Gasteiger partial charge is 0.295 e. The van der Waals surface area contributed by atoms with Crippen LogP contribution in [0.5, 0.6) is 0 Å². The van der Waals surface area contributed by atoms with Gasteiger partial charge in [0.25, 0.3) is 0 Å². The zero-order valence-electron chi connectivity index (χ0n) is 5.01. The van der Waals surface area contributed by atoms with Gasteiger partial charge in [-0.15, -0.1) is 5.17 Å². The normalized spacial score (nSPS) is 9.50. The summed E-state index contributed by atoms with van der Waals surface area (Å²) in [6.07, 6.45) is 0. The molecule has 2 N–H and O–H groups in total. The molecule has 0 rings (SSSR count). The van der Waals surface area contributed by atoms with E-state index in [1.165, 1.54) is 6.92 Å². The smallest absolute Gasteiger partial charge is 0.232 e. The zero-order valence-corrected chi connectivity index (χ0v) is 5.01. The minimum atomic E-state index is -0.269. The maximum atomic E-state index is 10.1. The molecule has 0 saturated carbocycles. The molecule has 0 spiro atoms. The standard InChI is InChI=1S/C4H10N2O2/c1-3-6(8)5-4(2)7/h8H,3H2,1-2H3,(H,5,7). The molecule has 0 radical (unpaired) electrons. The van der Waals surface area contributed by atoms with Gasteiger partial charge in [0.2, 0.25) is 5.91 Å². The Kier molecular flexibility index (Phi) is 3.14. The topological polar surface area (TPSA) is 52.6 Å². The molecule has 0 aliphatic heterocycles. The SMILES string of the molecule is CCN(O)NC(C)=O. The summed E-state index contributed by atoms with van der Waals surface area (Å²) in [6, 6.07) is 0. The molecule has 4 heteroatoms. The van der Waals surface area contributed by atoms with Crippen LogP contribution >= 0.6 is 0 Å². The van der Waals surface area contributed by atoms with Gasteiger partial charge in [-0.1, -0.05) is 0 Å². The summed E-state index contributed by atoms with van der Waals surface area (Å²) in [5, 5.41) is 9.25. The van der Waals surface area contributed by atoms with Gasteiger partial charge in [-0.3, -0.25) is 15.4 Å². The second-order valence-corrected chi connectivity index (χ2v) is 1.38. The fraction of sp³-hybridized carbons (Fsp3) is 0.750. The molecule has 48 valence electrons. The molecule has 0 aliphatic carbocycles. The quantitative estimate of drug-likeness (QED) is 0.491. The molecule has 0 saturated heterocycles. The molecular weight excluding hydrogens is 108 g/mol. The molecule has 0 aliphatic rings. The van der Waals surface area contributed by atoms with Crippen LogP contribution in [0.25, 0.3) is 0 Å². The predicted octanol–water partition coefficient (Wildman–Crippen LogP) is -0.251. The number of nitrogens with one attached hydrogen (secondary N) is 1. The van der Waals surface area contributed by atoms with Crippen LogP contribution in [-0.2, 0) is 4.79 Å². The summed E-state index contributed by atoms with van der Waals surface area (Å²) in [5.41, 5.74) is 2.14. The minimum absolute atomic E-state index is 0.269. The highest BCUT2D eigenvalue weighted by Crippen LogP contribution is 1.69. The number of carbonyl (C=O) groups excluding carboxylic acids is 1. The summed E-state index contributed by atoms with van der Waals surface area (Å²) in [4.78, 5) is 10.1. The van der Waals surface area contributed by atoms with E-state index < -0.39 is 0 Å². The third kappa shape index (κ3) is 3.58. The van der Waals surface area contributed by atoms with Crippen LogP contribution in [0.2, 0.25) is 0 Å². The van der Waals surface area contributed by atoms with Crippen molar-refractivity contribution in [1.29, 1.82) is 0 Å². The Hall–Kier alpha value is -0.610. The fourth-order valence-corrected chi connectivity index (χ4v) is 0.261. The van der Waals surface area contributed by atoms with Crippen LogP contribution in [0.3, 0.4) is 0 Å². The highest BCUT2D eigenvalue weighted by atomic mass is 16.5. The number of hydrogen-bond acceptors (Lipinski definition) is 3. The Morgan fingerprint density at radius 3 is 2.50 bits per heavy atom. The Bertz CT molecular complexity index is 84.1. The first-order chi connectivity index (χ1) is 3.66. The Labute approximate surface area is 48.0 Å². The van der Waals surface area contributed by atoms with Crippen molar-refractivity contribution in [1.82, 2.24) is 10.6 Å². The van der Waals surface area contributed by atoms with E-state index in [2.05, 4.69) is 5.43 Å². The van der Waals surface area contributed by atoms with Gasteiger partial charge in [0.1, 0.15) is 0 Å². The molecule has 0 aromatic carbocycles. The summed E-state index contributed by atoms with van der Waals surface area (Å²) in [5.74, 6) is -0.269. The molecule has 0 bridgehead atoms. The predicted molar refractivity (Wildman–Crippen MR) is 28.0 cm³/mol. The van der Waals surface area contributed by atoms with Crippen molar-refractivity contribution in [3.8, 4) is 0 Å². The van der Waals surface area contributed by atoms with Crippen LogP contribution < -0.4 is 5.43 Å². The van der Waals surface area contributed by atoms with Crippen molar-refractivity contribution in [2.75, 3.05) is 6.54 Å². The van der Waals surface area contributed by atoms with Crippen LogP contribution in [0.15, 0.2) is 0 Å². The summed E-state index contributed by atoms with van der Waals surface area (Å²) < 4.78 is 0. The number of hydrazine groups is 1. The average Bonchev–Trinajstić information content (AvgIpc) is 1.65. The zero-order chi connectivity index (χ0) is 6.57. The highest BCUT2D eigenvalue weighted by Gasteiger charge is 1.94. The van der Waals surface area contributed by atoms with Gasteiger partial charge in [0.15, 0.2) is 0 Å². The average molecular weight is 118 g/mol. The van der Waals surface area contributed by atoms with Gasteiger partial charge < -0.3 is 0 Å². The lowest BCUT2D eigenvalue weighted by atomic mass is 10.7. The lowest BCUT2D eigenvalue weighted by Crippen LogP contribution is -2.37. The van der Waals surface area contributed by atoms with E-state index in [0.29, 0.717) is 6.54 Å². The highest BCUT2D eigenvalue weighted by molar-refractivity contribution is 5.72. The number of amides is 1. The van der Waals surface area contributed by atoms with Crippen LogP contribution in [-0.4, -0.2) is 22.8 Å². The Morgan fingerprint density at radius 2 is 2.38 bits per heavy atom. The molecule has 0 heterocycles. The van der Waals surface area contributed by atoms with Gasteiger partial charge in [0, 0.05) is 13.5 Å². The van der Waals surface area contributed by atoms with Gasteiger partial charge >= 0.3 is 0 Å². The summed E-state index contributed by atoms with van der Waals surface area (Å²) in [7, 11) is 0. The number of hydroxylamine groups is 1. The van der Waals surface area contributed by atoms with Crippen molar-refractivity contribution in [2.45, 2.75) is 13.8 Å². The molecule has 8 heavy (non-hydrogen) atoms. The third-order valence-electron chi connectivity index (χ3n) is 0.586. The molecule has 0 aromatic rings. The van der Waals surface area contributed by atoms with Crippen LogP contribution in [0, 0.1) is 0 Å². The van der Waals surface area contributed by atoms with E-state index in [1.807, 2.05) is 0 Å². The first-order valence-corrected chi connectivity index (χ1v) is 2.40. The molecule has 0 aromatic heterocycles. The van der Waals surface area contributed by atoms with Crippen molar-refractivity contribution in [3.05, 3.63) is 0 Å². The van der Waals surface area contributed by atoms with E-state index in [1.54, 1.807) is 6.92 Å². The monoisotopic (exact) mass is 118 g/mol. The molecule has 1 amide bonds. The van der Waals surface area contributed by atoms with E-state index in [4.69, 9.17) is 5.21 Å². The van der Waals surface area contributed by atoms with Crippen molar-refractivity contribution < 1.29 is 10.0 Å². The maximum Gasteiger partial charge on any atom is 0.232 e.